The first kappa shape index (κ1) is 15.2. The van der Waals surface area contributed by atoms with E-state index in [1.165, 1.54) is 37.3 Å². The van der Waals surface area contributed by atoms with Crippen LogP contribution >= 0.6 is 0 Å². The van der Waals surface area contributed by atoms with E-state index in [1.54, 1.807) is 18.2 Å². The minimum absolute atomic E-state index is 0.0506. The van der Waals surface area contributed by atoms with Crippen molar-refractivity contribution < 1.29 is 19.2 Å². The Balaban J connectivity index is 2.22. The second-order valence-electron chi connectivity index (χ2n) is 4.35. The van der Waals surface area contributed by atoms with E-state index in [4.69, 9.17) is 4.74 Å². The molecule has 2 rings (SSSR count). The van der Waals surface area contributed by atoms with Gasteiger partial charge in [-0.2, -0.15) is 0 Å². The number of nitro benzene ring substituents is 1. The van der Waals surface area contributed by atoms with Crippen molar-refractivity contribution in [2.45, 2.75) is 6.92 Å². The molecule has 0 spiro atoms. The first-order chi connectivity index (χ1) is 10.5. The van der Waals surface area contributed by atoms with Gasteiger partial charge >= 0.3 is 5.97 Å². The third kappa shape index (κ3) is 3.66. The summed E-state index contributed by atoms with van der Waals surface area (Å²) in [7, 11) is 0. The van der Waals surface area contributed by atoms with Gasteiger partial charge in [-0.25, -0.2) is 0 Å². The lowest BCUT2D eigenvalue weighted by Crippen LogP contribution is -2.14. The predicted molar refractivity (Wildman–Crippen MR) is 78.8 cm³/mol. The van der Waals surface area contributed by atoms with Crippen molar-refractivity contribution in [1.29, 1.82) is 0 Å². The smallest absolute Gasteiger partial charge is 0.308 e. The summed E-state index contributed by atoms with van der Waals surface area (Å²) in [5.74, 6) is -0.831. The molecule has 0 aliphatic rings. The number of carbonyl (C=O) groups is 2. The van der Waals surface area contributed by atoms with E-state index < -0.39 is 16.8 Å². The molecule has 1 amide bonds. The lowest BCUT2D eigenvalue weighted by molar-refractivity contribution is -0.385. The number of ether oxygens (including phenoxy) is 1. The average molecular weight is 300 g/mol. The van der Waals surface area contributed by atoms with Gasteiger partial charge in [0.15, 0.2) is 0 Å². The molecule has 0 fully saturated rings. The Bertz CT molecular complexity index is 742. The van der Waals surface area contributed by atoms with Gasteiger partial charge in [-0.05, 0) is 18.2 Å². The van der Waals surface area contributed by atoms with Crippen LogP contribution in [0, 0.1) is 10.1 Å². The van der Waals surface area contributed by atoms with Gasteiger partial charge in [0.25, 0.3) is 11.6 Å². The van der Waals surface area contributed by atoms with E-state index in [2.05, 4.69) is 5.32 Å². The fourth-order valence-electron chi connectivity index (χ4n) is 1.83. The van der Waals surface area contributed by atoms with Crippen molar-refractivity contribution in [2.75, 3.05) is 5.32 Å². The van der Waals surface area contributed by atoms with Crippen LogP contribution in [0.1, 0.15) is 17.3 Å². The third-order valence-corrected chi connectivity index (χ3v) is 2.70. The van der Waals surface area contributed by atoms with Crippen molar-refractivity contribution >= 4 is 23.3 Å². The molecule has 2 aromatic carbocycles. The maximum Gasteiger partial charge on any atom is 0.308 e. The standard InChI is InChI=1S/C15H12N2O5/c1-10(18)22-12-6-4-5-11(9-12)16-15(19)13-7-2-3-8-14(13)17(20)21/h2-9H,1H3,(H,16,19). The Hall–Kier alpha value is -3.22. The maximum absolute atomic E-state index is 12.1. The largest absolute Gasteiger partial charge is 0.427 e. The van der Waals surface area contributed by atoms with Crippen molar-refractivity contribution in [1.82, 2.24) is 0 Å². The molecule has 0 heterocycles. The lowest BCUT2D eigenvalue weighted by atomic mass is 10.1. The van der Waals surface area contributed by atoms with Crippen LogP contribution in [0.2, 0.25) is 0 Å². The summed E-state index contributed by atoms with van der Waals surface area (Å²) >= 11 is 0. The number of benzene rings is 2. The molecule has 0 aliphatic heterocycles. The number of esters is 1. The molecule has 7 nitrogen and oxygen atoms in total. The number of nitro groups is 1. The molecule has 0 aromatic heterocycles. The zero-order valence-corrected chi connectivity index (χ0v) is 11.6. The van der Waals surface area contributed by atoms with Gasteiger partial charge in [0.1, 0.15) is 11.3 Å². The fourth-order valence-corrected chi connectivity index (χ4v) is 1.83. The van der Waals surface area contributed by atoms with Gasteiger partial charge in [0.2, 0.25) is 0 Å². The minimum atomic E-state index is -0.621. The van der Waals surface area contributed by atoms with Crippen LogP contribution in [-0.2, 0) is 4.79 Å². The van der Waals surface area contributed by atoms with Crippen molar-refractivity contribution in [3.05, 3.63) is 64.2 Å². The molecule has 22 heavy (non-hydrogen) atoms. The summed E-state index contributed by atoms with van der Waals surface area (Å²) < 4.78 is 4.91. The topological polar surface area (TPSA) is 98.5 Å². The van der Waals surface area contributed by atoms with E-state index in [9.17, 15) is 19.7 Å². The van der Waals surface area contributed by atoms with E-state index in [1.807, 2.05) is 0 Å². The summed E-state index contributed by atoms with van der Waals surface area (Å²) in [5.41, 5.74) is 0.0310. The Kier molecular flexibility index (Phi) is 4.47. The quantitative estimate of drug-likeness (QED) is 0.405. The summed E-state index contributed by atoms with van der Waals surface area (Å²) in [6, 6.07) is 11.8. The van der Waals surface area contributed by atoms with Gasteiger partial charge in [0, 0.05) is 24.7 Å². The number of carbonyl (C=O) groups excluding carboxylic acids is 2. The maximum atomic E-state index is 12.1. The fraction of sp³-hybridized carbons (Fsp3) is 0.0667. The molecule has 112 valence electrons. The summed E-state index contributed by atoms with van der Waals surface area (Å²) in [4.78, 5) is 33.4. The van der Waals surface area contributed by atoms with Gasteiger partial charge in [-0.15, -0.1) is 0 Å². The minimum Gasteiger partial charge on any atom is -0.427 e. The van der Waals surface area contributed by atoms with Crippen molar-refractivity contribution in [3.8, 4) is 5.75 Å². The van der Waals surface area contributed by atoms with Crippen molar-refractivity contribution in [2.24, 2.45) is 0 Å². The van der Waals surface area contributed by atoms with Gasteiger partial charge < -0.3 is 10.1 Å². The number of rotatable bonds is 4. The Morgan fingerprint density at radius 3 is 2.55 bits per heavy atom. The van der Waals surface area contributed by atoms with Crippen molar-refractivity contribution in [3.63, 3.8) is 0 Å². The summed E-state index contributed by atoms with van der Waals surface area (Å²) in [6.07, 6.45) is 0. The molecular weight excluding hydrogens is 288 g/mol. The summed E-state index contributed by atoms with van der Waals surface area (Å²) in [6.45, 7) is 1.26. The summed E-state index contributed by atoms with van der Waals surface area (Å²) in [5, 5.41) is 13.5. The molecule has 7 heteroatoms. The highest BCUT2D eigenvalue weighted by molar-refractivity contribution is 6.07. The van der Waals surface area contributed by atoms with E-state index >= 15 is 0 Å². The number of anilines is 1. The molecule has 0 radical (unpaired) electrons. The molecule has 0 bridgehead atoms. The molecule has 0 aliphatic carbocycles. The molecule has 0 saturated heterocycles. The van der Waals surface area contributed by atoms with Gasteiger partial charge in [-0.3, -0.25) is 19.7 Å². The predicted octanol–water partition coefficient (Wildman–Crippen LogP) is 2.77. The number of hydrogen-bond acceptors (Lipinski definition) is 5. The van der Waals surface area contributed by atoms with Crippen LogP contribution in [-0.4, -0.2) is 16.8 Å². The molecule has 0 saturated carbocycles. The molecular formula is C15H12N2O5. The second kappa shape index (κ2) is 6.49. The molecule has 0 unspecified atom stereocenters. The number of hydrogen-bond donors (Lipinski definition) is 1. The molecule has 1 N–H and O–H groups in total. The lowest BCUT2D eigenvalue weighted by Gasteiger charge is -2.07. The van der Waals surface area contributed by atoms with E-state index in [-0.39, 0.29) is 17.0 Å². The number of para-hydroxylation sites is 1. The zero-order chi connectivity index (χ0) is 16.1. The van der Waals surface area contributed by atoms with Gasteiger partial charge in [0.05, 0.1) is 4.92 Å². The van der Waals surface area contributed by atoms with E-state index in [0.717, 1.165) is 0 Å². The zero-order valence-electron chi connectivity index (χ0n) is 11.6. The second-order valence-corrected chi connectivity index (χ2v) is 4.35. The first-order valence-corrected chi connectivity index (χ1v) is 6.30. The SMILES string of the molecule is CC(=O)Oc1cccc(NC(=O)c2ccccc2[N+](=O)[O-])c1. The number of nitrogens with zero attached hydrogens (tertiary/aromatic N) is 1. The average Bonchev–Trinajstić information content (AvgIpc) is 2.46. The van der Waals surface area contributed by atoms with Crippen LogP contribution in [0.5, 0.6) is 5.75 Å². The number of amides is 1. The Labute approximate surface area is 125 Å². The molecule has 2 aromatic rings. The number of nitrogens with one attached hydrogen (secondary N) is 1. The monoisotopic (exact) mass is 300 g/mol. The Morgan fingerprint density at radius 2 is 1.86 bits per heavy atom. The van der Waals surface area contributed by atoms with Gasteiger partial charge in [-0.1, -0.05) is 18.2 Å². The third-order valence-electron chi connectivity index (χ3n) is 2.70. The Morgan fingerprint density at radius 1 is 1.14 bits per heavy atom. The van der Waals surface area contributed by atoms with Crippen LogP contribution in [0.3, 0.4) is 0 Å². The van der Waals surface area contributed by atoms with Crippen LogP contribution in [0.15, 0.2) is 48.5 Å². The van der Waals surface area contributed by atoms with Crippen LogP contribution in [0.25, 0.3) is 0 Å². The normalized spacial score (nSPS) is 9.86. The highest BCUT2D eigenvalue weighted by Crippen LogP contribution is 2.21. The highest BCUT2D eigenvalue weighted by Gasteiger charge is 2.19. The van der Waals surface area contributed by atoms with Crippen LogP contribution < -0.4 is 10.1 Å². The highest BCUT2D eigenvalue weighted by atomic mass is 16.6. The van der Waals surface area contributed by atoms with Crippen LogP contribution in [0.4, 0.5) is 11.4 Å². The van der Waals surface area contributed by atoms with E-state index in [0.29, 0.717) is 5.69 Å². The first-order valence-electron chi connectivity index (χ1n) is 6.30. The molecule has 0 atom stereocenters.